The predicted molar refractivity (Wildman–Crippen MR) is 97.5 cm³/mol. The van der Waals surface area contributed by atoms with Crippen molar-refractivity contribution in [1.29, 1.82) is 0 Å². The van der Waals surface area contributed by atoms with Gasteiger partial charge in [-0.05, 0) is 35.2 Å². The van der Waals surface area contributed by atoms with E-state index in [1.807, 2.05) is 31.2 Å². The van der Waals surface area contributed by atoms with Crippen LogP contribution in [0.3, 0.4) is 0 Å². The highest BCUT2D eigenvalue weighted by Crippen LogP contribution is 2.28. The lowest BCUT2D eigenvalue weighted by Crippen LogP contribution is -2.34. The zero-order valence-corrected chi connectivity index (χ0v) is 15.1. The maximum Gasteiger partial charge on any atom is 0.330 e. The fourth-order valence-electron chi connectivity index (χ4n) is 2.77. The molecule has 2 unspecified atom stereocenters. The highest BCUT2D eigenvalue weighted by Gasteiger charge is 2.23. The van der Waals surface area contributed by atoms with Gasteiger partial charge in [-0.1, -0.05) is 37.3 Å². The summed E-state index contributed by atoms with van der Waals surface area (Å²) in [4.78, 5) is 24.0. The Morgan fingerprint density at radius 2 is 1.69 bits per heavy atom. The number of amides is 1. The number of aliphatic carboxylic acids is 1. The van der Waals surface area contributed by atoms with Crippen molar-refractivity contribution in [3.63, 3.8) is 0 Å². The molecule has 2 atom stereocenters. The molecule has 6 nitrogen and oxygen atoms in total. The minimum atomic E-state index is -1.12. The van der Waals surface area contributed by atoms with Crippen LogP contribution >= 0.6 is 0 Å². The first kappa shape index (κ1) is 19.3. The topological polar surface area (TPSA) is 84.9 Å². The van der Waals surface area contributed by atoms with Crippen LogP contribution in [0.4, 0.5) is 0 Å². The van der Waals surface area contributed by atoms with E-state index in [1.165, 1.54) is 7.11 Å². The summed E-state index contributed by atoms with van der Waals surface area (Å²) in [6.07, 6.45) is 0.153. The van der Waals surface area contributed by atoms with Crippen molar-refractivity contribution in [3.8, 4) is 11.5 Å². The molecule has 138 valence electrons. The molecule has 1 amide bonds. The molecule has 2 N–H and O–H groups in total. The molecule has 0 aliphatic carbocycles. The second-order valence-corrected chi connectivity index (χ2v) is 5.96. The third-order valence-corrected chi connectivity index (χ3v) is 4.16. The third kappa shape index (κ3) is 4.75. The summed E-state index contributed by atoms with van der Waals surface area (Å²) in [5.41, 5.74) is 1.39. The Bertz CT molecular complexity index is 757. The van der Waals surface area contributed by atoms with Crippen molar-refractivity contribution in [2.24, 2.45) is 0 Å². The predicted octanol–water partition coefficient (Wildman–Crippen LogP) is 3.14. The third-order valence-electron chi connectivity index (χ3n) is 4.16. The van der Waals surface area contributed by atoms with E-state index in [4.69, 9.17) is 9.47 Å². The quantitative estimate of drug-likeness (QED) is 0.758. The van der Waals surface area contributed by atoms with Crippen molar-refractivity contribution in [3.05, 3.63) is 59.7 Å². The minimum absolute atomic E-state index is 0.114. The van der Waals surface area contributed by atoms with Gasteiger partial charge < -0.3 is 19.9 Å². The van der Waals surface area contributed by atoms with E-state index >= 15 is 0 Å². The van der Waals surface area contributed by atoms with Crippen LogP contribution < -0.4 is 14.8 Å². The molecular weight excluding hydrogens is 334 g/mol. The van der Waals surface area contributed by atoms with Crippen molar-refractivity contribution in [2.75, 3.05) is 14.2 Å². The molecular formula is C20H23NO5. The van der Waals surface area contributed by atoms with Gasteiger partial charge in [-0.2, -0.15) is 0 Å². The van der Waals surface area contributed by atoms with Crippen LogP contribution in [-0.4, -0.2) is 31.2 Å². The average molecular weight is 357 g/mol. The van der Waals surface area contributed by atoms with Gasteiger partial charge >= 0.3 is 5.97 Å². The number of carboxylic acids is 1. The van der Waals surface area contributed by atoms with E-state index in [9.17, 15) is 14.7 Å². The van der Waals surface area contributed by atoms with Crippen LogP contribution in [0.25, 0.3) is 0 Å². The zero-order chi connectivity index (χ0) is 19.1. The molecule has 0 saturated heterocycles. The van der Waals surface area contributed by atoms with E-state index in [2.05, 4.69) is 5.32 Å². The number of methoxy groups -OCH3 is 2. The molecule has 0 bridgehead atoms. The maximum atomic E-state index is 12.4. The fourth-order valence-corrected chi connectivity index (χ4v) is 2.77. The van der Waals surface area contributed by atoms with Crippen LogP contribution in [0, 0.1) is 0 Å². The number of carboxylic acid groups (broad SMARTS) is 1. The molecule has 2 aromatic carbocycles. The van der Waals surface area contributed by atoms with Crippen molar-refractivity contribution >= 4 is 11.9 Å². The van der Waals surface area contributed by atoms with Crippen molar-refractivity contribution in [2.45, 2.75) is 25.3 Å². The molecule has 6 heteroatoms. The fraction of sp³-hybridized carbons (Fsp3) is 0.300. The Morgan fingerprint density at radius 1 is 1.04 bits per heavy atom. The number of carbonyl (C=O) groups excluding carboxylic acids is 1. The lowest BCUT2D eigenvalue weighted by Gasteiger charge is -2.18. The Balaban J connectivity index is 2.08. The van der Waals surface area contributed by atoms with E-state index in [0.717, 1.165) is 5.56 Å². The van der Waals surface area contributed by atoms with E-state index in [0.29, 0.717) is 17.1 Å². The van der Waals surface area contributed by atoms with Crippen molar-refractivity contribution < 1.29 is 24.2 Å². The summed E-state index contributed by atoms with van der Waals surface area (Å²) >= 11 is 0. The highest BCUT2D eigenvalue weighted by molar-refractivity contribution is 5.85. The lowest BCUT2D eigenvalue weighted by molar-refractivity contribution is -0.142. The number of carbonyl (C=O) groups is 2. The summed E-state index contributed by atoms with van der Waals surface area (Å²) < 4.78 is 10.4. The first-order valence-corrected chi connectivity index (χ1v) is 8.25. The minimum Gasteiger partial charge on any atom is -0.497 e. The summed E-state index contributed by atoms with van der Waals surface area (Å²) in [6, 6.07) is 12.9. The number of hydrogen-bond acceptors (Lipinski definition) is 4. The molecule has 0 saturated carbocycles. The van der Waals surface area contributed by atoms with Gasteiger partial charge in [-0.3, -0.25) is 4.79 Å². The second kappa shape index (κ2) is 8.89. The second-order valence-electron chi connectivity index (χ2n) is 5.96. The largest absolute Gasteiger partial charge is 0.497 e. The van der Waals surface area contributed by atoms with Gasteiger partial charge in [-0.25, -0.2) is 4.79 Å². The summed E-state index contributed by atoms with van der Waals surface area (Å²) in [5, 5.41) is 12.1. The Hall–Kier alpha value is -3.02. The van der Waals surface area contributed by atoms with Crippen LogP contribution in [0.2, 0.25) is 0 Å². The van der Waals surface area contributed by atoms with E-state index in [1.54, 1.807) is 31.4 Å². The standard InChI is InChI=1S/C20H23NO5/c1-13(16-6-4-5-7-17(16)26-3)12-18(22)21-19(20(23)24)14-8-10-15(25-2)11-9-14/h4-11,13,19H,12H2,1-3H3,(H,21,22)(H,23,24). The molecule has 0 spiro atoms. The molecule has 0 heterocycles. The van der Waals surface area contributed by atoms with Crippen molar-refractivity contribution in [1.82, 2.24) is 5.32 Å². The highest BCUT2D eigenvalue weighted by atomic mass is 16.5. The summed E-state index contributed by atoms with van der Waals surface area (Å²) in [6.45, 7) is 1.90. The summed E-state index contributed by atoms with van der Waals surface area (Å²) in [5.74, 6) is -0.247. The molecule has 26 heavy (non-hydrogen) atoms. The number of para-hydroxylation sites is 1. The normalized spacial score (nSPS) is 12.7. The Morgan fingerprint density at radius 3 is 2.27 bits per heavy atom. The molecule has 2 rings (SSSR count). The SMILES string of the molecule is COc1ccc(C(NC(=O)CC(C)c2ccccc2OC)C(=O)O)cc1. The Labute approximate surface area is 152 Å². The van der Waals surface area contributed by atoms with Gasteiger partial charge in [-0.15, -0.1) is 0 Å². The van der Waals surface area contributed by atoms with Gasteiger partial charge in [0.2, 0.25) is 5.91 Å². The number of rotatable bonds is 8. The number of ether oxygens (including phenoxy) is 2. The smallest absolute Gasteiger partial charge is 0.330 e. The molecule has 0 fully saturated rings. The maximum absolute atomic E-state index is 12.4. The van der Waals surface area contributed by atoms with Gasteiger partial charge in [0.05, 0.1) is 14.2 Å². The zero-order valence-electron chi connectivity index (χ0n) is 15.1. The molecule has 0 aliphatic rings. The molecule has 0 aromatic heterocycles. The number of benzene rings is 2. The van der Waals surface area contributed by atoms with Gasteiger partial charge in [0, 0.05) is 6.42 Å². The van der Waals surface area contributed by atoms with Gasteiger partial charge in [0.15, 0.2) is 6.04 Å². The van der Waals surface area contributed by atoms with Crippen LogP contribution in [-0.2, 0) is 9.59 Å². The van der Waals surface area contributed by atoms with E-state index < -0.39 is 12.0 Å². The van der Waals surface area contributed by atoms with Crippen LogP contribution in [0.15, 0.2) is 48.5 Å². The first-order chi connectivity index (χ1) is 12.5. The van der Waals surface area contributed by atoms with E-state index in [-0.39, 0.29) is 18.2 Å². The molecule has 0 aliphatic heterocycles. The van der Waals surface area contributed by atoms with Crippen LogP contribution in [0.5, 0.6) is 11.5 Å². The number of hydrogen-bond donors (Lipinski definition) is 2. The first-order valence-electron chi connectivity index (χ1n) is 8.25. The van der Waals surface area contributed by atoms with Gasteiger partial charge in [0.1, 0.15) is 11.5 Å². The van der Waals surface area contributed by atoms with Gasteiger partial charge in [0.25, 0.3) is 0 Å². The number of nitrogens with one attached hydrogen (secondary N) is 1. The monoisotopic (exact) mass is 357 g/mol. The Kier molecular flexibility index (Phi) is 6.60. The summed E-state index contributed by atoms with van der Waals surface area (Å²) in [7, 11) is 3.11. The average Bonchev–Trinajstić information content (AvgIpc) is 2.65. The molecule has 2 aromatic rings. The molecule has 0 radical (unpaired) electrons. The lowest BCUT2D eigenvalue weighted by atomic mass is 9.96. The van der Waals surface area contributed by atoms with Crippen LogP contribution in [0.1, 0.15) is 36.4 Å².